The summed E-state index contributed by atoms with van der Waals surface area (Å²) < 4.78 is 4.99. The number of carbonyl (C=O) groups excluding carboxylic acids is 1. The van der Waals surface area contributed by atoms with E-state index in [9.17, 15) is 15.0 Å². The Bertz CT molecular complexity index is 652. The molecule has 0 saturated carbocycles. The number of ketones is 1. The third kappa shape index (κ3) is 5.70. The number of hydrogen-bond acceptors (Lipinski definition) is 4. The summed E-state index contributed by atoms with van der Waals surface area (Å²) in [5.74, 6) is 0.526. The predicted molar refractivity (Wildman–Crippen MR) is 93.4 cm³/mol. The largest absolute Gasteiger partial charge is 0.504 e. The molecule has 2 N–H and O–H groups in total. The zero-order valence-corrected chi connectivity index (χ0v) is 13.9. The number of phenols is 1. The van der Waals surface area contributed by atoms with Crippen molar-refractivity contribution in [1.82, 2.24) is 0 Å². The molecule has 0 bridgehead atoms. The summed E-state index contributed by atoms with van der Waals surface area (Å²) >= 11 is 0. The minimum atomic E-state index is -0.609. The van der Waals surface area contributed by atoms with Gasteiger partial charge in [0.05, 0.1) is 13.2 Å². The maximum Gasteiger partial charge on any atom is 0.160 e. The van der Waals surface area contributed by atoms with Crippen LogP contribution in [0.5, 0.6) is 11.5 Å². The molecular weight excluding hydrogens is 304 g/mol. The highest BCUT2D eigenvalue weighted by Crippen LogP contribution is 2.26. The minimum Gasteiger partial charge on any atom is -0.504 e. The lowest BCUT2D eigenvalue weighted by atomic mass is 10.00. The van der Waals surface area contributed by atoms with E-state index < -0.39 is 6.10 Å². The van der Waals surface area contributed by atoms with Crippen LogP contribution in [0.2, 0.25) is 0 Å². The molecule has 24 heavy (non-hydrogen) atoms. The van der Waals surface area contributed by atoms with E-state index in [1.165, 1.54) is 7.11 Å². The van der Waals surface area contributed by atoms with E-state index in [-0.39, 0.29) is 18.0 Å². The lowest BCUT2D eigenvalue weighted by Crippen LogP contribution is -2.14. The normalized spacial score (nSPS) is 11.9. The summed E-state index contributed by atoms with van der Waals surface area (Å²) in [4.78, 5) is 12.0. The second-order valence-electron chi connectivity index (χ2n) is 5.93. The predicted octanol–water partition coefficient (Wildman–Crippen LogP) is 3.29. The first-order chi connectivity index (χ1) is 11.6. The molecule has 0 radical (unpaired) electrons. The molecule has 2 aromatic rings. The Morgan fingerprint density at radius 2 is 1.83 bits per heavy atom. The molecule has 4 nitrogen and oxygen atoms in total. The van der Waals surface area contributed by atoms with Crippen molar-refractivity contribution in [3.63, 3.8) is 0 Å². The van der Waals surface area contributed by atoms with Crippen molar-refractivity contribution in [3.8, 4) is 11.5 Å². The number of Topliss-reactive ketones (excluding diaryl/α,β-unsaturated/α-hetero) is 1. The lowest BCUT2D eigenvalue weighted by molar-refractivity contribution is -0.120. The van der Waals surface area contributed by atoms with Gasteiger partial charge < -0.3 is 14.9 Å². The minimum absolute atomic E-state index is 0.0332. The Kier molecular flexibility index (Phi) is 6.82. The van der Waals surface area contributed by atoms with Crippen LogP contribution in [0.1, 0.15) is 30.4 Å². The van der Waals surface area contributed by atoms with Gasteiger partial charge in [0.25, 0.3) is 0 Å². The van der Waals surface area contributed by atoms with Gasteiger partial charge >= 0.3 is 0 Å². The Morgan fingerprint density at radius 1 is 1.08 bits per heavy atom. The average Bonchev–Trinajstić information content (AvgIpc) is 2.59. The second kappa shape index (κ2) is 9.08. The summed E-state index contributed by atoms with van der Waals surface area (Å²) in [5.41, 5.74) is 2.04. The van der Waals surface area contributed by atoms with Crippen LogP contribution < -0.4 is 4.74 Å². The lowest BCUT2D eigenvalue weighted by Gasteiger charge is -2.10. The van der Waals surface area contributed by atoms with Crippen molar-refractivity contribution in [2.75, 3.05) is 7.11 Å². The van der Waals surface area contributed by atoms with Crippen LogP contribution in [0.25, 0.3) is 0 Å². The Labute approximate surface area is 142 Å². The summed E-state index contributed by atoms with van der Waals surface area (Å²) in [5, 5.41) is 19.7. The maximum atomic E-state index is 12.0. The van der Waals surface area contributed by atoms with Crippen LogP contribution >= 0.6 is 0 Å². The molecule has 0 aliphatic carbocycles. The van der Waals surface area contributed by atoms with Crippen LogP contribution in [0.4, 0.5) is 0 Å². The fraction of sp³-hybridized carbons (Fsp3) is 0.350. The number of methoxy groups -OCH3 is 1. The molecule has 0 aliphatic heterocycles. The second-order valence-corrected chi connectivity index (χ2v) is 5.93. The number of carbonyl (C=O) groups is 1. The first-order valence-corrected chi connectivity index (χ1v) is 8.18. The molecule has 0 amide bonds. The van der Waals surface area contributed by atoms with Gasteiger partial charge in [0.1, 0.15) is 5.78 Å². The molecular formula is C20H24O4. The van der Waals surface area contributed by atoms with Gasteiger partial charge in [-0.15, -0.1) is 0 Å². The van der Waals surface area contributed by atoms with E-state index in [4.69, 9.17) is 4.74 Å². The van der Waals surface area contributed by atoms with Crippen LogP contribution in [0.3, 0.4) is 0 Å². The Morgan fingerprint density at radius 3 is 2.50 bits per heavy atom. The number of aliphatic hydroxyl groups is 1. The highest BCUT2D eigenvalue weighted by Gasteiger charge is 2.12. The van der Waals surface area contributed by atoms with Gasteiger partial charge in [0, 0.05) is 12.8 Å². The van der Waals surface area contributed by atoms with Gasteiger partial charge in [0.15, 0.2) is 11.5 Å². The van der Waals surface area contributed by atoms with Gasteiger partial charge in [0.2, 0.25) is 0 Å². The number of ether oxygens (including phenoxy) is 1. The first-order valence-electron chi connectivity index (χ1n) is 8.18. The van der Waals surface area contributed by atoms with Crippen molar-refractivity contribution < 1.29 is 19.7 Å². The summed E-state index contributed by atoms with van der Waals surface area (Å²) in [6.07, 6.45) is 1.81. The number of phenolic OH excluding ortho intramolecular Hbond substituents is 1. The van der Waals surface area contributed by atoms with Crippen LogP contribution in [-0.4, -0.2) is 29.2 Å². The van der Waals surface area contributed by atoms with Crippen molar-refractivity contribution in [2.24, 2.45) is 0 Å². The molecule has 2 aromatic carbocycles. The van der Waals surface area contributed by atoms with E-state index in [1.54, 1.807) is 12.1 Å². The smallest absolute Gasteiger partial charge is 0.160 e. The molecule has 4 heteroatoms. The molecule has 0 fully saturated rings. The number of aromatic hydroxyl groups is 1. The summed E-state index contributed by atoms with van der Waals surface area (Å²) in [6.45, 7) is 0. The molecule has 0 saturated heterocycles. The van der Waals surface area contributed by atoms with Crippen molar-refractivity contribution in [3.05, 3.63) is 59.7 Å². The van der Waals surface area contributed by atoms with Crippen molar-refractivity contribution >= 4 is 5.78 Å². The van der Waals surface area contributed by atoms with E-state index in [2.05, 4.69) is 0 Å². The molecule has 2 rings (SSSR count). The molecule has 0 spiro atoms. The van der Waals surface area contributed by atoms with Crippen molar-refractivity contribution in [1.29, 1.82) is 0 Å². The standard InChI is InChI=1S/C20H24O4/c1-24-20-12-9-16(13-19(20)23)8-11-18(22)14-17(21)10-7-15-5-3-2-4-6-15/h2-6,9,12-13,17,21,23H,7-8,10-11,14H2,1H3. The number of aliphatic hydroxyl groups excluding tert-OH is 1. The van der Waals surface area contributed by atoms with Crippen LogP contribution in [0, 0.1) is 0 Å². The van der Waals surface area contributed by atoms with Gasteiger partial charge in [-0.1, -0.05) is 36.4 Å². The van der Waals surface area contributed by atoms with Gasteiger partial charge in [-0.2, -0.15) is 0 Å². The summed E-state index contributed by atoms with van der Waals surface area (Å²) in [6, 6.07) is 15.1. The fourth-order valence-corrected chi connectivity index (χ4v) is 2.62. The quantitative estimate of drug-likeness (QED) is 0.741. The number of benzene rings is 2. The first kappa shape index (κ1) is 18.0. The monoisotopic (exact) mass is 328 g/mol. The van der Waals surface area contributed by atoms with E-state index in [1.807, 2.05) is 36.4 Å². The Hall–Kier alpha value is -2.33. The third-order valence-corrected chi connectivity index (χ3v) is 4.01. The van der Waals surface area contributed by atoms with E-state index in [0.717, 1.165) is 17.5 Å². The highest BCUT2D eigenvalue weighted by molar-refractivity contribution is 5.79. The SMILES string of the molecule is COc1ccc(CCC(=O)CC(O)CCc2ccccc2)cc1O. The molecule has 1 atom stereocenters. The number of rotatable bonds is 9. The highest BCUT2D eigenvalue weighted by atomic mass is 16.5. The van der Waals surface area contributed by atoms with Crippen LogP contribution in [0.15, 0.2) is 48.5 Å². The van der Waals surface area contributed by atoms with Crippen molar-refractivity contribution in [2.45, 2.75) is 38.2 Å². The van der Waals surface area contributed by atoms with Crippen LogP contribution in [-0.2, 0) is 17.6 Å². The van der Waals surface area contributed by atoms with Gasteiger partial charge in [-0.25, -0.2) is 0 Å². The fourth-order valence-electron chi connectivity index (χ4n) is 2.62. The topological polar surface area (TPSA) is 66.8 Å². The molecule has 0 heterocycles. The Balaban J connectivity index is 1.73. The van der Waals surface area contributed by atoms with E-state index >= 15 is 0 Å². The van der Waals surface area contributed by atoms with E-state index in [0.29, 0.717) is 25.0 Å². The zero-order chi connectivity index (χ0) is 17.4. The molecule has 0 aromatic heterocycles. The molecule has 128 valence electrons. The third-order valence-electron chi connectivity index (χ3n) is 4.01. The molecule has 1 unspecified atom stereocenters. The summed E-state index contributed by atoms with van der Waals surface area (Å²) in [7, 11) is 1.50. The van der Waals surface area contributed by atoms with Gasteiger partial charge in [-0.3, -0.25) is 4.79 Å². The van der Waals surface area contributed by atoms with Gasteiger partial charge in [-0.05, 0) is 42.5 Å². The maximum absolute atomic E-state index is 12.0. The molecule has 0 aliphatic rings. The average molecular weight is 328 g/mol. The number of hydrogen-bond donors (Lipinski definition) is 2. The number of aryl methyl sites for hydroxylation is 2. The zero-order valence-electron chi connectivity index (χ0n) is 13.9.